The van der Waals surface area contributed by atoms with Crippen LogP contribution >= 0.6 is 0 Å². The van der Waals surface area contributed by atoms with Crippen LogP contribution in [0.5, 0.6) is 0 Å². The number of halogens is 3. The Kier molecular flexibility index (Phi) is 5.70. The van der Waals surface area contributed by atoms with Gasteiger partial charge in [0.25, 0.3) is 0 Å². The summed E-state index contributed by atoms with van der Waals surface area (Å²) in [7, 11) is 0. The number of para-hydroxylation sites is 2. The zero-order chi connectivity index (χ0) is 23.9. The fourth-order valence-corrected chi connectivity index (χ4v) is 4.45. The minimum atomic E-state index is -4.43. The number of hydrogen-bond acceptors (Lipinski definition) is 4. The van der Waals surface area contributed by atoms with Gasteiger partial charge in [-0.2, -0.15) is 13.2 Å². The van der Waals surface area contributed by atoms with Crippen LogP contribution < -0.4 is 16.3 Å². The summed E-state index contributed by atoms with van der Waals surface area (Å²) in [5.74, 6) is 0.0252. The smallest absolute Gasteiger partial charge is 0.385 e. The van der Waals surface area contributed by atoms with Crippen LogP contribution in [0.1, 0.15) is 48.9 Å². The second-order valence-corrected chi connectivity index (χ2v) is 8.68. The zero-order valence-corrected chi connectivity index (χ0v) is 18.4. The van der Waals surface area contributed by atoms with Crippen molar-refractivity contribution in [3.63, 3.8) is 0 Å². The van der Waals surface area contributed by atoms with Gasteiger partial charge in [-0.1, -0.05) is 12.1 Å². The monoisotopic (exact) mass is 474 g/mol. The Morgan fingerprint density at radius 3 is 2.76 bits per heavy atom. The molecule has 11 heteroatoms. The van der Waals surface area contributed by atoms with Crippen molar-refractivity contribution < 1.29 is 18.0 Å². The molecule has 2 N–H and O–H groups in total. The number of imidazole rings is 2. The van der Waals surface area contributed by atoms with Gasteiger partial charge in [0.2, 0.25) is 5.91 Å². The number of nitrogens with zero attached hydrogens (tertiary/aromatic N) is 4. The Bertz CT molecular complexity index is 1310. The van der Waals surface area contributed by atoms with Crippen LogP contribution in [-0.2, 0) is 24.4 Å². The third-order valence-corrected chi connectivity index (χ3v) is 6.16. The number of amides is 1. The summed E-state index contributed by atoms with van der Waals surface area (Å²) in [6.45, 7) is -0.126. The first-order valence-electron chi connectivity index (χ1n) is 11.3. The Balaban J connectivity index is 1.40. The van der Waals surface area contributed by atoms with E-state index in [0.717, 1.165) is 35.3 Å². The SMILES string of the molecule is O=C(CCCn1c(Cn2c3c(n(C4CC4)c2=O)C=CNC3)nc2ccccc21)NCC(F)(F)F. The van der Waals surface area contributed by atoms with Gasteiger partial charge in [-0.15, -0.1) is 0 Å². The van der Waals surface area contributed by atoms with Crippen LogP contribution in [0, 0.1) is 0 Å². The van der Waals surface area contributed by atoms with Gasteiger partial charge in [0, 0.05) is 19.0 Å². The molecule has 3 aromatic rings. The molecule has 1 fully saturated rings. The predicted molar refractivity (Wildman–Crippen MR) is 120 cm³/mol. The van der Waals surface area contributed by atoms with Crippen molar-refractivity contribution in [1.29, 1.82) is 0 Å². The van der Waals surface area contributed by atoms with Crippen LogP contribution in [0.3, 0.4) is 0 Å². The lowest BCUT2D eigenvalue weighted by Crippen LogP contribution is -2.33. The highest BCUT2D eigenvalue weighted by Gasteiger charge is 2.32. The first kappa shape index (κ1) is 22.3. The van der Waals surface area contributed by atoms with Crippen molar-refractivity contribution in [3.8, 4) is 0 Å². The van der Waals surface area contributed by atoms with E-state index in [1.54, 1.807) is 4.57 Å². The maximum Gasteiger partial charge on any atom is 0.405 e. The molecule has 34 heavy (non-hydrogen) atoms. The molecule has 0 bridgehead atoms. The number of rotatable bonds is 8. The molecule has 0 radical (unpaired) electrons. The molecule has 1 saturated carbocycles. The normalized spacial score (nSPS) is 15.4. The van der Waals surface area contributed by atoms with E-state index < -0.39 is 18.6 Å². The van der Waals surface area contributed by atoms with Crippen molar-refractivity contribution in [3.05, 3.63) is 58.2 Å². The number of nitrogens with one attached hydrogen (secondary N) is 2. The molecule has 0 spiro atoms. The summed E-state index contributed by atoms with van der Waals surface area (Å²) in [5, 5.41) is 5.08. The minimum absolute atomic E-state index is 0.0376. The fourth-order valence-electron chi connectivity index (χ4n) is 4.45. The van der Waals surface area contributed by atoms with E-state index in [9.17, 15) is 22.8 Å². The second-order valence-electron chi connectivity index (χ2n) is 8.68. The van der Waals surface area contributed by atoms with E-state index in [4.69, 9.17) is 4.98 Å². The highest BCUT2D eigenvalue weighted by atomic mass is 19.4. The average Bonchev–Trinajstić information content (AvgIpc) is 3.52. The molecule has 5 rings (SSSR count). The Morgan fingerprint density at radius 1 is 1.21 bits per heavy atom. The summed E-state index contributed by atoms with van der Waals surface area (Å²) in [5.41, 5.74) is 3.39. The lowest BCUT2D eigenvalue weighted by atomic mass is 10.2. The van der Waals surface area contributed by atoms with Crippen LogP contribution in [-0.4, -0.2) is 37.3 Å². The topological polar surface area (TPSA) is 85.9 Å². The lowest BCUT2D eigenvalue weighted by molar-refractivity contribution is -0.138. The van der Waals surface area contributed by atoms with E-state index >= 15 is 0 Å². The van der Waals surface area contributed by atoms with Crippen LogP contribution in [0.25, 0.3) is 17.1 Å². The number of carbonyl (C=O) groups is 1. The molecule has 180 valence electrons. The van der Waals surface area contributed by atoms with Gasteiger partial charge in [0.15, 0.2) is 0 Å². The molecular weight excluding hydrogens is 449 g/mol. The molecular formula is C23H25F3N6O2. The third-order valence-electron chi connectivity index (χ3n) is 6.16. The van der Waals surface area contributed by atoms with Gasteiger partial charge in [0.1, 0.15) is 12.4 Å². The zero-order valence-electron chi connectivity index (χ0n) is 18.4. The molecule has 8 nitrogen and oxygen atoms in total. The van der Waals surface area contributed by atoms with E-state index in [2.05, 4.69) is 5.32 Å². The lowest BCUT2D eigenvalue weighted by Gasteiger charge is -2.14. The van der Waals surface area contributed by atoms with Gasteiger partial charge in [-0.3, -0.25) is 13.9 Å². The summed E-state index contributed by atoms with van der Waals surface area (Å²) < 4.78 is 42.6. The fraction of sp³-hybridized carbons (Fsp3) is 0.435. The molecule has 1 aromatic carbocycles. The quantitative estimate of drug-likeness (QED) is 0.526. The van der Waals surface area contributed by atoms with Crippen molar-refractivity contribution in [2.75, 3.05) is 6.54 Å². The highest BCUT2D eigenvalue weighted by molar-refractivity contribution is 5.77. The van der Waals surface area contributed by atoms with E-state index in [1.807, 2.05) is 51.0 Å². The summed E-state index contributed by atoms with van der Waals surface area (Å²) in [6, 6.07) is 7.78. The van der Waals surface area contributed by atoms with Crippen LogP contribution in [0.2, 0.25) is 0 Å². The molecule has 1 aliphatic carbocycles. The third kappa shape index (κ3) is 4.46. The van der Waals surface area contributed by atoms with Crippen molar-refractivity contribution in [2.45, 2.75) is 57.5 Å². The van der Waals surface area contributed by atoms with Gasteiger partial charge in [0.05, 0.1) is 35.5 Å². The van der Waals surface area contributed by atoms with E-state index in [1.165, 1.54) is 0 Å². The molecule has 1 amide bonds. The average molecular weight is 474 g/mol. The molecule has 0 saturated heterocycles. The Hall–Kier alpha value is -3.50. The highest BCUT2D eigenvalue weighted by Crippen LogP contribution is 2.36. The van der Waals surface area contributed by atoms with Crippen molar-refractivity contribution in [1.82, 2.24) is 29.3 Å². The van der Waals surface area contributed by atoms with Gasteiger partial charge in [-0.25, -0.2) is 9.78 Å². The molecule has 1 aliphatic heterocycles. The maximum atomic E-state index is 13.3. The van der Waals surface area contributed by atoms with Crippen molar-refractivity contribution in [2.24, 2.45) is 0 Å². The molecule has 0 atom stereocenters. The van der Waals surface area contributed by atoms with Gasteiger partial charge in [-0.05, 0) is 43.7 Å². The Labute approximate surface area is 193 Å². The summed E-state index contributed by atoms with van der Waals surface area (Å²) in [6.07, 6.45) is 1.64. The Morgan fingerprint density at radius 2 is 2.00 bits per heavy atom. The minimum Gasteiger partial charge on any atom is -0.385 e. The number of aryl methyl sites for hydroxylation is 1. The largest absolute Gasteiger partial charge is 0.405 e. The van der Waals surface area contributed by atoms with Gasteiger partial charge < -0.3 is 15.2 Å². The number of hydrogen-bond donors (Lipinski definition) is 2. The number of carbonyl (C=O) groups excluding carboxylic acids is 1. The maximum absolute atomic E-state index is 13.3. The van der Waals surface area contributed by atoms with E-state index in [0.29, 0.717) is 25.3 Å². The predicted octanol–water partition coefficient (Wildman–Crippen LogP) is 2.92. The molecule has 2 aliphatic rings. The second kappa shape index (κ2) is 8.69. The molecule has 0 unspecified atom stereocenters. The standard InChI is InChI=1S/C23H25F3N6O2/c24-23(25,26)14-28-21(33)6-3-11-30-17-5-2-1-4-16(17)29-20(30)13-31-19-12-27-10-9-18(19)32(22(31)34)15-7-8-15/h1-2,4-5,9-10,15,27H,3,6-8,11-14H2,(H,28,33). The van der Waals surface area contributed by atoms with Gasteiger partial charge >= 0.3 is 11.9 Å². The number of aromatic nitrogens is 4. The first-order valence-corrected chi connectivity index (χ1v) is 11.3. The first-order chi connectivity index (χ1) is 16.3. The number of benzene rings is 1. The summed E-state index contributed by atoms with van der Waals surface area (Å²) >= 11 is 0. The summed E-state index contributed by atoms with van der Waals surface area (Å²) in [4.78, 5) is 29.9. The number of alkyl halides is 3. The van der Waals surface area contributed by atoms with E-state index in [-0.39, 0.29) is 24.7 Å². The van der Waals surface area contributed by atoms with Crippen molar-refractivity contribution >= 4 is 23.0 Å². The van der Waals surface area contributed by atoms with Crippen LogP contribution in [0.4, 0.5) is 13.2 Å². The molecule has 3 heterocycles. The van der Waals surface area contributed by atoms with Crippen LogP contribution in [0.15, 0.2) is 35.3 Å². The molecule has 2 aromatic heterocycles. The number of fused-ring (bicyclic) bond motifs is 2.